The predicted molar refractivity (Wildman–Crippen MR) is 121 cm³/mol. The van der Waals surface area contributed by atoms with Crippen LogP contribution in [0.3, 0.4) is 0 Å². The Morgan fingerprint density at radius 3 is 2.42 bits per heavy atom. The van der Waals surface area contributed by atoms with Gasteiger partial charge in [-0.05, 0) is 60.9 Å². The molecule has 2 nitrogen and oxygen atoms in total. The fourth-order valence-electron chi connectivity index (χ4n) is 4.21. The summed E-state index contributed by atoms with van der Waals surface area (Å²) in [4.78, 5) is 12.4. The molecule has 0 amide bonds. The Kier molecular flexibility index (Phi) is 8.39. The minimum absolute atomic E-state index is 0.255. The lowest BCUT2D eigenvalue weighted by molar-refractivity contribution is 0.0728. The van der Waals surface area contributed by atoms with Crippen molar-refractivity contribution in [3.05, 3.63) is 70.8 Å². The molecule has 0 aromatic heterocycles. The van der Waals surface area contributed by atoms with E-state index in [2.05, 4.69) is 13.8 Å². The molecule has 1 aliphatic carbocycles. The van der Waals surface area contributed by atoms with E-state index >= 15 is 0 Å². The number of allylic oxidation sites excluding steroid dienone is 2. The minimum atomic E-state index is -1.14. The summed E-state index contributed by atoms with van der Waals surface area (Å²) < 4.78 is 34.8. The summed E-state index contributed by atoms with van der Waals surface area (Å²) in [5.74, 6) is -2.06. The smallest absolute Gasteiger partial charge is 0.346 e. The number of benzene rings is 2. The number of carbonyl (C=O) groups excluding carboxylic acids is 1. The van der Waals surface area contributed by atoms with Crippen molar-refractivity contribution in [2.24, 2.45) is 5.92 Å². The van der Waals surface area contributed by atoms with Crippen LogP contribution in [-0.4, -0.2) is 5.97 Å². The van der Waals surface area contributed by atoms with E-state index in [1.54, 1.807) is 12.1 Å². The molecule has 4 heteroatoms. The molecule has 31 heavy (non-hydrogen) atoms. The van der Waals surface area contributed by atoms with Crippen LogP contribution in [0.4, 0.5) is 8.78 Å². The molecule has 1 atom stereocenters. The van der Waals surface area contributed by atoms with Crippen LogP contribution in [0.5, 0.6) is 5.75 Å². The fourth-order valence-corrected chi connectivity index (χ4v) is 4.21. The molecular formula is C27H32F2O2. The van der Waals surface area contributed by atoms with Gasteiger partial charge < -0.3 is 4.74 Å². The lowest BCUT2D eigenvalue weighted by Crippen LogP contribution is -2.13. The van der Waals surface area contributed by atoms with Gasteiger partial charge >= 0.3 is 5.97 Å². The summed E-state index contributed by atoms with van der Waals surface area (Å²) in [6.45, 7) is 4.28. The molecular weight excluding hydrogens is 394 g/mol. The summed E-state index contributed by atoms with van der Waals surface area (Å²) in [5, 5.41) is 0. The van der Waals surface area contributed by atoms with Crippen LogP contribution in [-0.2, 0) is 6.42 Å². The highest BCUT2D eigenvalue weighted by molar-refractivity contribution is 5.92. The number of ether oxygens (including phenoxy) is 1. The fraction of sp³-hybridized carbons (Fsp3) is 0.444. The third kappa shape index (κ3) is 6.03. The highest BCUT2D eigenvalue weighted by atomic mass is 19.2. The molecule has 0 heterocycles. The van der Waals surface area contributed by atoms with E-state index in [4.69, 9.17) is 4.74 Å². The molecule has 166 valence electrons. The third-order valence-electron chi connectivity index (χ3n) is 6.06. The van der Waals surface area contributed by atoms with Crippen molar-refractivity contribution in [1.29, 1.82) is 0 Å². The van der Waals surface area contributed by atoms with E-state index in [-0.39, 0.29) is 11.1 Å². The summed E-state index contributed by atoms with van der Waals surface area (Å²) in [7, 11) is 0. The van der Waals surface area contributed by atoms with E-state index in [0.717, 1.165) is 43.2 Å². The first-order valence-electron chi connectivity index (χ1n) is 11.5. The van der Waals surface area contributed by atoms with Gasteiger partial charge in [0.15, 0.2) is 11.6 Å². The van der Waals surface area contributed by atoms with Gasteiger partial charge in [-0.1, -0.05) is 70.2 Å². The van der Waals surface area contributed by atoms with Crippen molar-refractivity contribution in [1.82, 2.24) is 0 Å². The van der Waals surface area contributed by atoms with Gasteiger partial charge in [0.1, 0.15) is 5.75 Å². The van der Waals surface area contributed by atoms with E-state index in [1.807, 2.05) is 18.2 Å². The Hall–Kier alpha value is -2.49. The van der Waals surface area contributed by atoms with Crippen LogP contribution in [0.2, 0.25) is 0 Å². The first-order valence-corrected chi connectivity index (χ1v) is 11.5. The van der Waals surface area contributed by atoms with E-state index < -0.39 is 17.6 Å². The molecule has 0 N–H and O–H groups in total. The SMILES string of the molecule is CCCCCC1CC=C(c2ccc(C(=O)Oc3ccc(CCC)cc3)c(F)c2F)CC1. The maximum absolute atomic E-state index is 14.8. The van der Waals surface area contributed by atoms with Gasteiger partial charge in [-0.2, -0.15) is 0 Å². The average molecular weight is 427 g/mol. The van der Waals surface area contributed by atoms with Crippen molar-refractivity contribution >= 4 is 11.5 Å². The summed E-state index contributed by atoms with van der Waals surface area (Å²) in [6.07, 6.45) is 11.5. The molecule has 0 aliphatic heterocycles. The molecule has 1 unspecified atom stereocenters. The zero-order valence-corrected chi connectivity index (χ0v) is 18.6. The molecule has 1 aliphatic rings. The van der Waals surface area contributed by atoms with Crippen LogP contribution in [0.15, 0.2) is 42.5 Å². The van der Waals surface area contributed by atoms with Gasteiger partial charge in [0.25, 0.3) is 0 Å². The Labute approximate surface area is 184 Å². The average Bonchev–Trinajstić information content (AvgIpc) is 2.78. The van der Waals surface area contributed by atoms with Crippen LogP contribution in [0, 0.1) is 17.6 Å². The zero-order chi connectivity index (χ0) is 22.2. The van der Waals surface area contributed by atoms with Crippen LogP contribution >= 0.6 is 0 Å². The lowest BCUT2D eigenvalue weighted by Gasteiger charge is -2.22. The first-order chi connectivity index (χ1) is 15.0. The molecule has 0 fully saturated rings. The van der Waals surface area contributed by atoms with Crippen LogP contribution in [0.1, 0.15) is 86.7 Å². The van der Waals surface area contributed by atoms with Crippen molar-refractivity contribution < 1.29 is 18.3 Å². The molecule has 0 bridgehead atoms. The molecule has 0 radical (unpaired) electrons. The molecule has 2 aromatic carbocycles. The van der Waals surface area contributed by atoms with Gasteiger partial charge in [-0.25, -0.2) is 13.6 Å². The second kappa shape index (κ2) is 11.2. The quantitative estimate of drug-likeness (QED) is 0.231. The van der Waals surface area contributed by atoms with Crippen molar-refractivity contribution in [2.75, 3.05) is 0 Å². The van der Waals surface area contributed by atoms with E-state index in [1.165, 1.54) is 37.8 Å². The number of halogens is 2. The van der Waals surface area contributed by atoms with Crippen LogP contribution in [0.25, 0.3) is 5.57 Å². The number of esters is 1. The Balaban J connectivity index is 1.68. The Bertz CT molecular complexity index is 916. The highest BCUT2D eigenvalue weighted by Gasteiger charge is 2.23. The summed E-state index contributed by atoms with van der Waals surface area (Å²) >= 11 is 0. The number of carbonyl (C=O) groups is 1. The zero-order valence-electron chi connectivity index (χ0n) is 18.6. The maximum atomic E-state index is 14.8. The Morgan fingerprint density at radius 1 is 1.00 bits per heavy atom. The number of rotatable bonds is 9. The number of hydrogen-bond acceptors (Lipinski definition) is 2. The monoisotopic (exact) mass is 426 g/mol. The van der Waals surface area contributed by atoms with E-state index in [0.29, 0.717) is 11.7 Å². The van der Waals surface area contributed by atoms with Crippen molar-refractivity contribution in [3.63, 3.8) is 0 Å². The maximum Gasteiger partial charge on any atom is 0.346 e. The summed E-state index contributed by atoms with van der Waals surface area (Å²) in [5.41, 5.74) is 1.84. The number of unbranched alkanes of at least 4 members (excludes halogenated alkanes) is 2. The third-order valence-corrected chi connectivity index (χ3v) is 6.06. The van der Waals surface area contributed by atoms with Gasteiger partial charge in [0.05, 0.1) is 5.56 Å². The van der Waals surface area contributed by atoms with Gasteiger partial charge in [0, 0.05) is 5.56 Å². The molecule has 0 saturated carbocycles. The molecule has 0 spiro atoms. The molecule has 0 saturated heterocycles. The minimum Gasteiger partial charge on any atom is -0.423 e. The second-order valence-electron chi connectivity index (χ2n) is 8.44. The second-order valence-corrected chi connectivity index (χ2v) is 8.44. The van der Waals surface area contributed by atoms with Gasteiger partial charge in [-0.3, -0.25) is 0 Å². The van der Waals surface area contributed by atoms with E-state index in [9.17, 15) is 13.6 Å². The van der Waals surface area contributed by atoms with Crippen molar-refractivity contribution in [3.8, 4) is 5.75 Å². The van der Waals surface area contributed by atoms with Gasteiger partial charge in [-0.15, -0.1) is 0 Å². The number of hydrogen-bond donors (Lipinski definition) is 0. The topological polar surface area (TPSA) is 26.3 Å². The first kappa shape index (κ1) is 23.2. The van der Waals surface area contributed by atoms with Crippen LogP contribution < -0.4 is 4.74 Å². The Morgan fingerprint density at radius 2 is 1.77 bits per heavy atom. The normalized spacial score (nSPS) is 16.1. The standard InChI is InChI=1S/C27H32F2O2/c1-3-5-6-8-20-9-13-21(14-10-20)23-17-18-24(26(29)25(23)28)27(30)31-22-15-11-19(7-4-2)12-16-22/h11-13,15-18,20H,3-10,14H2,1-2H3. The predicted octanol–water partition coefficient (Wildman–Crippen LogP) is 7.90. The summed E-state index contributed by atoms with van der Waals surface area (Å²) in [6, 6.07) is 9.93. The largest absolute Gasteiger partial charge is 0.423 e. The van der Waals surface area contributed by atoms with Gasteiger partial charge in [0.2, 0.25) is 0 Å². The lowest BCUT2D eigenvalue weighted by atomic mass is 9.83. The molecule has 3 rings (SSSR count). The highest BCUT2D eigenvalue weighted by Crippen LogP contribution is 2.35. The molecule has 2 aromatic rings. The number of aryl methyl sites for hydroxylation is 1. The van der Waals surface area contributed by atoms with Crippen molar-refractivity contribution in [2.45, 2.75) is 71.6 Å².